The molecule has 0 spiro atoms. The zero-order chi connectivity index (χ0) is 19.2. The molecule has 0 amide bonds. The summed E-state index contributed by atoms with van der Waals surface area (Å²) >= 11 is 1.87. The Morgan fingerprint density at radius 2 is 2.04 bits per heavy atom. The van der Waals surface area contributed by atoms with E-state index in [0.29, 0.717) is 0 Å². The number of ether oxygens (including phenoxy) is 2. The van der Waals surface area contributed by atoms with Gasteiger partial charge in [-0.2, -0.15) is 0 Å². The number of hydrogen-bond acceptors (Lipinski definition) is 5. The maximum Gasteiger partial charge on any atom is 0.193 e. The van der Waals surface area contributed by atoms with Crippen LogP contribution in [0.1, 0.15) is 30.6 Å². The Kier molecular flexibility index (Phi) is 7.23. The number of aliphatic imine (C=N–C) groups is 1. The van der Waals surface area contributed by atoms with Crippen LogP contribution >= 0.6 is 11.3 Å². The summed E-state index contributed by atoms with van der Waals surface area (Å²) in [6.07, 6.45) is 5.23. The molecule has 4 rings (SSSR count). The van der Waals surface area contributed by atoms with Crippen LogP contribution in [0.4, 0.5) is 0 Å². The zero-order valence-corrected chi connectivity index (χ0v) is 17.8. The largest absolute Gasteiger partial charge is 0.375 e. The number of nitrogens with zero attached hydrogens (tertiary/aromatic N) is 3. The molecule has 0 saturated carbocycles. The van der Waals surface area contributed by atoms with Gasteiger partial charge < -0.3 is 19.7 Å². The molecule has 2 atom stereocenters. The lowest BCUT2D eigenvalue weighted by atomic mass is 9.97. The molecule has 7 heteroatoms. The van der Waals surface area contributed by atoms with Gasteiger partial charge in [-0.3, -0.25) is 9.89 Å². The lowest BCUT2D eigenvalue weighted by Crippen LogP contribution is -2.54. The number of nitrogens with one attached hydrogen (secondary N) is 1. The van der Waals surface area contributed by atoms with Gasteiger partial charge in [0.1, 0.15) is 6.10 Å². The third kappa shape index (κ3) is 5.26. The molecule has 3 fully saturated rings. The van der Waals surface area contributed by atoms with E-state index in [1.54, 1.807) is 0 Å². The van der Waals surface area contributed by atoms with Crippen LogP contribution in [-0.2, 0) is 16.0 Å². The van der Waals surface area contributed by atoms with Crippen LogP contribution in [0.15, 0.2) is 22.5 Å². The first-order valence-electron chi connectivity index (χ1n) is 10.8. The van der Waals surface area contributed by atoms with Crippen molar-refractivity contribution < 1.29 is 9.47 Å². The normalized spacial score (nSPS) is 28.0. The van der Waals surface area contributed by atoms with Crippen LogP contribution in [0, 0.1) is 5.92 Å². The molecule has 0 aliphatic carbocycles. The Morgan fingerprint density at radius 1 is 1.18 bits per heavy atom. The fourth-order valence-corrected chi connectivity index (χ4v) is 5.27. The molecule has 156 valence electrons. The van der Waals surface area contributed by atoms with Gasteiger partial charge in [0.15, 0.2) is 5.96 Å². The maximum atomic E-state index is 5.98. The summed E-state index contributed by atoms with van der Waals surface area (Å²) in [6, 6.07) is 4.39. The van der Waals surface area contributed by atoms with E-state index in [-0.39, 0.29) is 12.2 Å². The summed E-state index contributed by atoms with van der Waals surface area (Å²) in [7, 11) is 1.89. The van der Waals surface area contributed by atoms with Crippen LogP contribution in [0.2, 0.25) is 0 Å². The summed E-state index contributed by atoms with van der Waals surface area (Å²) in [5, 5.41) is 5.82. The van der Waals surface area contributed by atoms with Crippen LogP contribution in [0.3, 0.4) is 0 Å². The van der Waals surface area contributed by atoms with Crippen molar-refractivity contribution in [2.75, 3.05) is 53.0 Å². The second kappa shape index (κ2) is 10.1. The highest BCUT2D eigenvalue weighted by atomic mass is 32.1. The van der Waals surface area contributed by atoms with Crippen molar-refractivity contribution in [2.24, 2.45) is 10.9 Å². The number of hydrogen-bond donors (Lipinski definition) is 1. The topological polar surface area (TPSA) is 49.3 Å². The van der Waals surface area contributed by atoms with Crippen molar-refractivity contribution in [3.05, 3.63) is 22.4 Å². The molecular formula is C21H34N4O2S. The van der Waals surface area contributed by atoms with E-state index in [0.717, 1.165) is 64.1 Å². The molecule has 1 aromatic heterocycles. The molecular weight excluding hydrogens is 372 g/mol. The fourth-order valence-electron chi connectivity index (χ4n) is 4.53. The second-order valence-corrected chi connectivity index (χ2v) is 9.17. The average Bonchev–Trinajstić information content (AvgIpc) is 3.44. The van der Waals surface area contributed by atoms with Gasteiger partial charge in [0.2, 0.25) is 0 Å². The molecule has 28 heavy (non-hydrogen) atoms. The Labute approximate surface area is 172 Å². The molecule has 1 aromatic rings. The summed E-state index contributed by atoms with van der Waals surface area (Å²) in [6.45, 7) is 7.93. The third-order valence-electron chi connectivity index (χ3n) is 6.20. The highest BCUT2D eigenvalue weighted by Gasteiger charge is 2.32. The number of thiophene rings is 1. The van der Waals surface area contributed by atoms with Gasteiger partial charge in [0, 0.05) is 44.7 Å². The molecule has 3 aliphatic heterocycles. The maximum absolute atomic E-state index is 5.98. The molecule has 6 nitrogen and oxygen atoms in total. The predicted molar refractivity (Wildman–Crippen MR) is 114 cm³/mol. The van der Waals surface area contributed by atoms with E-state index in [1.807, 2.05) is 18.4 Å². The fraction of sp³-hybridized carbons (Fsp3) is 0.762. The number of likely N-dealkylation sites (tertiary alicyclic amines) is 1. The summed E-state index contributed by atoms with van der Waals surface area (Å²) in [4.78, 5) is 11.0. The van der Waals surface area contributed by atoms with Gasteiger partial charge >= 0.3 is 0 Å². The molecule has 0 bridgehead atoms. The van der Waals surface area contributed by atoms with Crippen LogP contribution < -0.4 is 5.32 Å². The zero-order valence-electron chi connectivity index (χ0n) is 17.0. The quantitative estimate of drug-likeness (QED) is 0.601. The summed E-state index contributed by atoms with van der Waals surface area (Å²) < 4.78 is 11.8. The number of guanidine groups is 1. The SMILES string of the molecule is CN=C(NCC1CCN(Cc2cccs2)CC1)N1CCOC(C2CCCO2)C1. The van der Waals surface area contributed by atoms with Crippen LogP contribution in [0.25, 0.3) is 0 Å². The first kappa shape index (κ1) is 20.1. The lowest BCUT2D eigenvalue weighted by molar-refractivity contribution is -0.0817. The average molecular weight is 407 g/mol. The minimum atomic E-state index is 0.176. The predicted octanol–water partition coefficient (Wildman–Crippen LogP) is 2.42. The number of rotatable bonds is 5. The molecule has 0 radical (unpaired) electrons. The number of morpholine rings is 1. The van der Waals surface area contributed by atoms with Crippen molar-refractivity contribution in [1.82, 2.24) is 15.1 Å². The third-order valence-corrected chi connectivity index (χ3v) is 7.06. The summed E-state index contributed by atoms with van der Waals surface area (Å²) in [5.74, 6) is 1.75. The van der Waals surface area contributed by atoms with Gasteiger partial charge in [-0.25, -0.2) is 0 Å². The van der Waals surface area contributed by atoms with Gasteiger partial charge in [-0.1, -0.05) is 6.07 Å². The highest BCUT2D eigenvalue weighted by molar-refractivity contribution is 7.09. The van der Waals surface area contributed by atoms with Crippen LogP contribution in [0.5, 0.6) is 0 Å². The second-order valence-electron chi connectivity index (χ2n) is 8.13. The van der Waals surface area contributed by atoms with E-state index in [4.69, 9.17) is 9.47 Å². The van der Waals surface area contributed by atoms with Crippen molar-refractivity contribution in [2.45, 2.75) is 44.4 Å². The van der Waals surface area contributed by atoms with E-state index < -0.39 is 0 Å². The Bertz CT molecular complexity index is 610. The monoisotopic (exact) mass is 406 g/mol. The minimum absolute atomic E-state index is 0.176. The molecule has 3 saturated heterocycles. The molecule has 3 aliphatic rings. The first-order valence-corrected chi connectivity index (χ1v) is 11.6. The van der Waals surface area contributed by atoms with Gasteiger partial charge in [0.25, 0.3) is 0 Å². The molecule has 1 N–H and O–H groups in total. The van der Waals surface area contributed by atoms with E-state index in [9.17, 15) is 0 Å². The Balaban J connectivity index is 1.20. The van der Waals surface area contributed by atoms with Crippen molar-refractivity contribution in [3.8, 4) is 0 Å². The van der Waals surface area contributed by atoms with E-state index in [1.165, 1.54) is 30.8 Å². The lowest BCUT2D eigenvalue weighted by Gasteiger charge is -2.38. The minimum Gasteiger partial charge on any atom is -0.375 e. The standard InChI is InChI=1S/C21H34N4O2S/c1-22-21(25-10-12-27-20(16-25)19-5-2-11-26-19)23-14-17-6-8-24(9-7-17)15-18-4-3-13-28-18/h3-4,13,17,19-20H,2,5-12,14-16H2,1H3,(H,22,23). The highest BCUT2D eigenvalue weighted by Crippen LogP contribution is 2.22. The van der Waals surface area contributed by atoms with Gasteiger partial charge in [-0.15, -0.1) is 11.3 Å². The van der Waals surface area contributed by atoms with Crippen molar-refractivity contribution in [1.29, 1.82) is 0 Å². The van der Waals surface area contributed by atoms with Crippen LogP contribution in [-0.4, -0.2) is 81.0 Å². The van der Waals surface area contributed by atoms with E-state index in [2.05, 4.69) is 37.6 Å². The summed E-state index contributed by atoms with van der Waals surface area (Å²) in [5.41, 5.74) is 0. The van der Waals surface area contributed by atoms with Crippen molar-refractivity contribution in [3.63, 3.8) is 0 Å². The Hall–Kier alpha value is -1.15. The van der Waals surface area contributed by atoms with Gasteiger partial charge in [-0.05, 0) is 56.1 Å². The smallest absolute Gasteiger partial charge is 0.193 e. The molecule has 2 unspecified atom stereocenters. The molecule has 0 aromatic carbocycles. The Morgan fingerprint density at radius 3 is 2.75 bits per heavy atom. The number of piperidine rings is 1. The van der Waals surface area contributed by atoms with Crippen molar-refractivity contribution >= 4 is 17.3 Å². The first-order chi connectivity index (χ1) is 13.8. The van der Waals surface area contributed by atoms with E-state index >= 15 is 0 Å². The van der Waals surface area contributed by atoms with Gasteiger partial charge in [0.05, 0.1) is 12.7 Å². The molecule has 4 heterocycles.